The van der Waals surface area contributed by atoms with Crippen LogP contribution in [0.5, 0.6) is 0 Å². The number of hydrogen-bond acceptors (Lipinski definition) is 4. The van der Waals surface area contributed by atoms with Crippen molar-refractivity contribution in [3.05, 3.63) is 82.9 Å². The molecule has 1 atom stereocenters. The van der Waals surface area contributed by atoms with Gasteiger partial charge in [-0.1, -0.05) is 30.3 Å². The number of hydrogen-bond donors (Lipinski definition) is 1. The molecule has 1 spiro atoms. The zero-order chi connectivity index (χ0) is 21.6. The van der Waals surface area contributed by atoms with Gasteiger partial charge < -0.3 is 4.90 Å². The lowest BCUT2D eigenvalue weighted by atomic mass is 9.71. The van der Waals surface area contributed by atoms with E-state index in [4.69, 9.17) is 0 Å². The van der Waals surface area contributed by atoms with Gasteiger partial charge in [0.25, 0.3) is 5.91 Å². The summed E-state index contributed by atoms with van der Waals surface area (Å²) in [6, 6.07) is 13.3. The monoisotopic (exact) mass is 423 g/mol. The van der Waals surface area contributed by atoms with Gasteiger partial charge in [0.2, 0.25) is 0 Å². The number of nitrogens with zero attached hydrogens (tertiary/aromatic N) is 4. The molecule has 3 aromatic rings. The van der Waals surface area contributed by atoms with Crippen LogP contribution in [0.25, 0.3) is 0 Å². The first-order valence-corrected chi connectivity index (χ1v) is 10.3. The van der Waals surface area contributed by atoms with Crippen LogP contribution >= 0.6 is 0 Å². The van der Waals surface area contributed by atoms with Gasteiger partial charge in [0, 0.05) is 50.1 Å². The van der Waals surface area contributed by atoms with Crippen molar-refractivity contribution in [1.82, 2.24) is 25.0 Å². The van der Waals surface area contributed by atoms with Gasteiger partial charge >= 0.3 is 0 Å². The zero-order valence-corrected chi connectivity index (χ0v) is 17.2. The molecule has 1 N–H and O–H groups in total. The van der Waals surface area contributed by atoms with Crippen molar-refractivity contribution in [3.63, 3.8) is 0 Å². The molecule has 2 aliphatic rings. The number of benzene rings is 2. The van der Waals surface area contributed by atoms with Crippen molar-refractivity contribution in [1.29, 1.82) is 0 Å². The first-order valence-electron chi connectivity index (χ1n) is 10.3. The quantitative estimate of drug-likeness (QED) is 0.700. The molecule has 2 fully saturated rings. The summed E-state index contributed by atoms with van der Waals surface area (Å²) >= 11 is 0. The van der Waals surface area contributed by atoms with E-state index in [2.05, 4.69) is 32.2 Å². The van der Waals surface area contributed by atoms with Crippen LogP contribution in [-0.4, -0.2) is 57.1 Å². The Bertz CT molecular complexity index is 1110. The molecule has 0 bridgehead atoms. The molecule has 2 saturated heterocycles. The van der Waals surface area contributed by atoms with Gasteiger partial charge in [-0.25, -0.2) is 13.8 Å². The molecule has 31 heavy (non-hydrogen) atoms. The number of amides is 1. The first-order chi connectivity index (χ1) is 14.9. The smallest absolute Gasteiger partial charge is 0.256 e. The first kappa shape index (κ1) is 19.8. The van der Waals surface area contributed by atoms with Crippen molar-refractivity contribution in [3.8, 4) is 0 Å². The van der Waals surface area contributed by atoms with Gasteiger partial charge in [-0.15, -0.1) is 0 Å². The number of H-pyrrole nitrogens is 1. The maximum Gasteiger partial charge on any atom is 0.256 e. The Morgan fingerprint density at radius 2 is 1.94 bits per heavy atom. The standard InChI is InChI=1S/C23H23F2N5O/c1-15-26-21(28-27-15)19-11-29(10-16-5-3-2-4-6-16)12-23(19)13-30(14-23)22(31)18-8-7-17(24)9-20(18)25/h2-9,19H,10-14H2,1H3,(H,26,27,28). The lowest BCUT2D eigenvalue weighted by Crippen LogP contribution is -2.61. The van der Waals surface area contributed by atoms with Crippen LogP contribution in [0, 0.1) is 24.0 Å². The van der Waals surface area contributed by atoms with Gasteiger partial charge in [-0.05, 0) is 24.6 Å². The minimum Gasteiger partial charge on any atom is -0.337 e. The van der Waals surface area contributed by atoms with Crippen molar-refractivity contribution in [2.45, 2.75) is 19.4 Å². The largest absolute Gasteiger partial charge is 0.337 e. The Morgan fingerprint density at radius 3 is 2.61 bits per heavy atom. The molecule has 2 aromatic carbocycles. The number of carbonyl (C=O) groups is 1. The zero-order valence-electron chi connectivity index (χ0n) is 17.2. The number of aryl methyl sites for hydroxylation is 1. The summed E-state index contributed by atoms with van der Waals surface area (Å²) in [6.07, 6.45) is 0. The van der Waals surface area contributed by atoms with E-state index in [0.29, 0.717) is 13.1 Å². The van der Waals surface area contributed by atoms with Gasteiger partial charge in [0.05, 0.1) is 5.56 Å². The van der Waals surface area contributed by atoms with Gasteiger partial charge in [0.15, 0.2) is 5.82 Å². The summed E-state index contributed by atoms with van der Waals surface area (Å²) in [6.45, 7) is 5.25. The van der Waals surface area contributed by atoms with Crippen molar-refractivity contribution in [2.75, 3.05) is 26.2 Å². The van der Waals surface area contributed by atoms with E-state index in [9.17, 15) is 13.6 Å². The summed E-state index contributed by atoms with van der Waals surface area (Å²) < 4.78 is 27.3. The molecule has 0 saturated carbocycles. The highest BCUT2D eigenvalue weighted by atomic mass is 19.1. The van der Waals surface area contributed by atoms with E-state index < -0.39 is 17.5 Å². The minimum absolute atomic E-state index is 0.0725. The third kappa shape index (κ3) is 3.61. The molecule has 1 aromatic heterocycles. The topological polar surface area (TPSA) is 65.1 Å². The number of halogens is 2. The molecular formula is C23H23F2N5O. The van der Waals surface area contributed by atoms with Crippen molar-refractivity contribution >= 4 is 5.91 Å². The van der Waals surface area contributed by atoms with Crippen LogP contribution in [0.4, 0.5) is 8.78 Å². The van der Waals surface area contributed by atoms with Gasteiger partial charge in [-0.3, -0.25) is 14.8 Å². The van der Waals surface area contributed by atoms with Crippen LogP contribution in [-0.2, 0) is 6.54 Å². The predicted octanol–water partition coefficient (Wildman–Crippen LogP) is 3.13. The summed E-state index contributed by atoms with van der Waals surface area (Å²) in [5.74, 6) is -0.344. The predicted molar refractivity (Wildman–Crippen MR) is 110 cm³/mol. The van der Waals surface area contributed by atoms with Crippen LogP contribution < -0.4 is 0 Å². The third-order valence-corrected chi connectivity index (χ3v) is 6.35. The van der Waals surface area contributed by atoms with Crippen molar-refractivity contribution < 1.29 is 13.6 Å². The SMILES string of the molecule is Cc1nc(C2CN(Cc3ccccc3)CC23CN(C(=O)c2ccc(F)cc2F)C3)n[nH]1. The van der Waals surface area contributed by atoms with E-state index in [0.717, 1.165) is 43.4 Å². The lowest BCUT2D eigenvalue weighted by Gasteiger charge is -2.50. The Morgan fingerprint density at radius 1 is 1.16 bits per heavy atom. The molecule has 8 heteroatoms. The summed E-state index contributed by atoms with van der Waals surface area (Å²) in [5.41, 5.74) is 0.945. The Hall–Kier alpha value is -3.13. The Kier molecular flexibility index (Phi) is 4.81. The molecule has 6 nitrogen and oxygen atoms in total. The van der Waals surface area contributed by atoms with Crippen LogP contribution in [0.1, 0.15) is 33.5 Å². The molecule has 0 radical (unpaired) electrons. The number of rotatable bonds is 4. The van der Waals surface area contributed by atoms with E-state index in [1.165, 1.54) is 11.6 Å². The fraction of sp³-hybridized carbons (Fsp3) is 0.348. The third-order valence-electron chi connectivity index (χ3n) is 6.35. The average Bonchev–Trinajstić information content (AvgIpc) is 3.31. The van der Waals surface area contributed by atoms with Crippen LogP contribution in [0.3, 0.4) is 0 Å². The molecule has 2 aliphatic heterocycles. The highest BCUT2D eigenvalue weighted by Crippen LogP contribution is 2.49. The number of carbonyl (C=O) groups excluding carboxylic acids is 1. The van der Waals surface area contributed by atoms with E-state index in [1.807, 2.05) is 25.1 Å². The molecule has 1 unspecified atom stereocenters. The Balaban J connectivity index is 1.36. The molecule has 5 rings (SSSR count). The summed E-state index contributed by atoms with van der Waals surface area (Å²) in [7, 11) is 0. The van der Waals surface area contributed by atoms with Crippen LogP contribution in [0.2, 0.25) is 0 Å². The number of aromatic nitrogens is 3. The normalized spacial score (nSPS) is 20.2. The van der Waals surface area contributed by atoms with Gasteiger partial charge in [-0.2, -0.15) is 5.10 Å². The molecule has 1 amide bonds. The second-order valence-electron chi connectivity index (χ2n) is 8.63. The number of likely N-dealkylation sites (tertiary alicyclic amines) is 2. The lowest BCUT2D eigenvalue weighted by molar-refractivity contribution is 0.00146. The minimum atomic E-state index is -0.829. The highest BCUT2D eigenvalue weighted by Gasteiger charge is 2.57. The molecule has 0 aliphatic carbocycles. The van der Waals surface area contributed by atoms with Crippen molar-refractivity contribution in [2.24, 2.45) is 5.41 Å². The number of aromatic amines is 1. The fourth-order valence-corrected chi connectivity index (χ4v) is 4.92. The summed E-state index contributed by atoms with van der Waals surface area (Å²) in [5, 5.41) is 7.32. The average molecular weight is 423 g/mol. The molecule has 160 valence electrons. The highest BCUT2D eigenvalue weighted by molar-refractivity contribution is 5.95. The second kappa shape index (κ2) is 7.53. The maximum atomic E-state index is 14.1. The van der Waals surface area contributed by atoms with E-state index >= 15 is 0 Å². The molecule has 3 heterocycles. The second-order valence-corrected chi connectivity index (χ2v) is 8.63. The summed E-state index contributed by atoms with van der Waals surface area (Å²) in [4.78, 5) is 21.4. The fourth-order valence-electron chi connectivity index (χ4n) is 4.92. The van der Waals surface area contributed by atoms with Gasteiger partial charge in [0.1, 0.15) is 17.5 Å². The number of nitrogens with one attached hydrogen (secondary N) is 1. The van der Waals surface area contributed by atoms with E-state index in [1.54, 1.807) is 4.90 Å². The molecular weight excluding hydrogens is 400 g/mol. The Labute approximate surface area is 178 Å². The maximum absolute atomic E-state index is 14.1. The van der Waals surface area contributed by atoms with Crippen LogP contribution in [0.15, 0.2) is 48.5 Å². The van der Waals surface area contributed by atoms with E-state index in [-0.39, 0.29) is 16.9 Å².